The minimum Gasteiger partial charge on any atom is -0.326 e. The largest absolute Gasteiger partial charge is 0.326 e. The van der Waals surface area contributed by atoms with Crippen molar-refractivity contribution in [3.05, 3.63) is 40.9 Å². The maximum atomic E-state index is 13.3. The highest BCUT2D eigenvalue weighted by atomic mass is 35.5. The normalized spacial score (nSPS) is 18.7. The molecule has 0 amide bonds. The van der Waals surface area contributed by atoms with E-state index >= 15 is 0 Å². The van der Waals surface area contributed by atoms with Gasteiger partial charge in [0.15, 0.2) is 5.15 Å². The average molecular weight is 265 g/mol. The molecule has 1 aromatic heterocycles. The summed E-state index contributed by atoms with van der Waals surface area (Å²) < 4.78 is 15.4. The molecule has 0 fully saturated rings. The number of fused-ring (bicyclic) bond motifs is 1. The minimum absolute atomic E-state index is 0.246. The van der Waals surface area contributed by atoms with Crippen LogP contribution in [0.4, 0.5) is 4.39 Å². The molecule has 0 saturated heterocycles. The topological polar surface area (TPSA) is 17.8 Å². The fourth-order valence-electron chi connectivity index (χ4n) is 2.67. The van der Waals surface area contributed by atoms with Crippen molar-refractivity contribution < 1.29 is 4.39 Å². The summed E-state index contributed by atoms with van der Waals surface area (Å²) in [6.07, 6.45) is 2.25. The van der Waals surface area contributed by atoms with Crippen molar-refractivity contribution >= 4 is 11.6 Å². The van der Waals surface area contributed by atoms with Gasteiger partial charge in [0.25, 0.3) is 0 Å². The number of hydrogen-bond acceptors (Lipinski definition) is 1. The Morgan fingerprint density at radius 2 is 2.28 bits per heavy atom. The van der Waals surface area contributed by atoms with Gasteiger partial charge in [-0.15, -0.1) is 0 Å². The van der Waals surface area contributed by atoms with Crippen molar-refractivity contribution in [3.8, 4) is 11.4 Å². The Kier molecular flexibility index (Phi) is 2.86. The summed E-state index contributed by atoms with van der Waals surface area (Å²) in [6.45, 7) is 3.07. The van der Waals surface area contributed by atoms with Gasteiger partial charge in [-0.2, -0.15) is 0 Å². The third-order valence-electron chi connectivity index (χ3n) is 3.53. The highest BCUT2D eigenvalue weighted by Gasteiger charge is 2.24. The molecule has 1 atom stereocenters. The summed E-state index contributed by atoms with van der Waals surface area (Å²) in [5, 5.41) is 0.557. The zero-order valence-corrected chi connectivity index (χ0v) is 10.9. The van der Waals surface area contributed by atoms with Crippen molar-refractivity contribution in [2.45, 2.75) is 32.2 Å². The number of benzene rings is 1. The molecule has 2 aromatic rings. The van der Waals surface area contributed by atoms with E-state index in [-0.39, 0.29) is 5.82 Å². The molecular weight excluding hydrogens is 251 g/mol. The smallest absolute Gasteiger partial charge is 0.151 e. The van der Waals surface area contributed by atoms with Gasteiger partial charge >= 0.3 is 0 Å². The molecule has 0 spiro atoms. The van der Waals surface area contributed by atoms with Gasteiger partial charge in [0.05, 0.1) is 5.69 Å². The average Bonchev–Trinajstić information content (AvgIpc) is 2.68. The number of hydrogen-bond donors (Lipinski definition) is 0. The molecule has 3 rings (SSSR count). The Labute approximate surface area is 110 Å². The fourth-order valence-corrected chi connectivity index (χ4v) is 3.04. The van der Waals surface area contributed by atoms with Gasteiger partial charge in [0, 0.05) is 12.1 Å². The Hall–Kier alpha value is -1.35. The van der Waals surface area contributed by atoms with E-state index in [0.717, 1.165) is 36.5 Å². The molecule has 1 aromatic carbocycles. The van der Waals surface area contributed by atoms with Crippen LogP contribution < -0.4 is 0 Å². The molecule has 4 heteroatoms. The number of imidazole rings is 1. The van der Waals surface area contributed by atoms with Gasteiger partial charge in [-0.25, -0.2) is 9.37 Å². The van der Waals surface area contributed by atoms with Crippen molar-refractivity contribution in [2.24, 2.45) is 0 Å². The van der Waals surface area contributed by atoms with Crippen LogP contribution in [0, 0.1) is 5.82 Å². The lowest BCUT2D eigenvalue weighted by molar-refractivity contribution is 0.478. The fraction of sp³-hybridized carbons (Fsp3) is 0.357. The minimum atomic E-state index is -0.246. The summed E-state index contributed by atoms with van der Waals surface area (Å²) >= 11 is 6.22. The predicted octanol–water partition coefficient (Wildman–Crippen LogP) is 4.24. The van der Waals surface area contributed by atoms with Crippen molar-refractivity contribution in [1.29, 1.82) is 0 Å². The molecule has 0 bridgehead atoms. The maximum Gasteiger partial charge on any atom is 0.151 e. The van der Waals surface area contributed by atoms with Crippen LogP contribution in [0.2, 0.25) is 5.15 Å². The second-order valence-electron chi connectivity index (χ2n) is 4.82. The van der Waals surface area contributed by atoms with Gasteiger partial charge < -0.3 is 4.57 Å². The first-order valence-corrected chi connectivity index (χ1v) is 6.56. The van der Waals surface area contributed by atoms with E-state index < -0.39 is 0 Å². The third-order valence-corrected chi connectivity index (χ3v) is 3.81. The van der Waals surface area contributed by atoms with Gasteiger partial charge in [0.2, 0.25) is 0 Å². The number of aromatic nitrogens is 2. The van der Waals surface area contributed by atoms with Crippen LogP contribution in [0.1, 0.15) is 31.4 Å². The summed E-state index contributed by atoms with van der Waals surface area (Å²) in [4.78, 5) is 4.42. The zero-order chi connectivity index (χ0) is 12.7. The standard InChI is InChI=1S/C14H14ClFN2/c1-9-4-3-7-18-12(9)13(15)17-14(18)10-5-2-6-11(16)8-10/h2,5-6,8-9H,3-4,7H2,1H3. The second kappa shape index (κ2) is 4.39. The lowest BCUT2D eigenvalue weighted by atomic mass is 9.98. The van der Waals surface area contributed by atoms with Crippen LogP contribution in [0.3, 0.4) is 0 Å². The first-order chi connectivity index (χ1) is 8.66. The van der Waals surface area contributed by atoms with Crippen LogP contribution >= 0.6 is 11.6 Å². The highest BCUT2D eigenvalue weighted by molar-refractivity contribution is 6.30. The molecular formula is C14H14ClFN2. The Balaban J connectivity index is 2.16. The van der Waals surface area contributed by atoms with Crippen LogP contribution in [-0.2, 0) is 6.54 Å². The molecule has 0 N–H and O–H groups in total. The van der Waals surface area contributed by atoms with Gasteiger partial charge in [0.1, 0.15) is 11.6 Å². The summed E-state index contributed by atoms with van der Waals surface area (Å²) in [5.41, 5.74) is 1.87. The molecule has 2 nitrogen and oxygen atoms in total. The monoisotopic (exact) mass is 264 g/mol. The number of nitrogens with zero attached hydrogens (tertiary/aromatic N) is 2. The Bertz CT molecular complexity index is 591. The molecule has 94 valence electrons. The van der Waals surface area contributed by atoms with E-state index in [9.17, 15) is 4.39 Å². The van der Waals surface area contributed by atoms with Crippen molar-refractivity contribution in [2.75, 3.05) is 0 Å². The van der Waals surface area contributed by atoms with E-state index in [0.29, 0.717) is 11.1 Å². The lowest BCUT2D eigenvalue weighted by Gasteiger charge is -2.22. The molecule has 0 saturated carbocycles. The van der Waals surface area contributed by atoms with Crippen LogP contribution in [0.5, 0.6) is 0 Å². The quantitative estimate of drug-likeness (QED) is 0.753. The molecule has 0 radical (unpaired) electrons. The molecule has 18 heavy (non-hydrogen) atoms. The van der Waals surface area contributed by atoms with Gasteiger partial charge in [-0.05, 0) is 30.9 Å². The van der Waals surface area contributed by atoms with Crippen LogP contribution in [-0.4, -0.2) is 9.55 Å². The van der Waals surface area contributed by atoms with Crippen molar-refractivity contribution in [3.63, 3.8) is 0 Å². The number of rotatable bonds is 1. The first kappa shape index (κ1) is 11.7. The molecule has 2 heterocycles. The molecule has 0 aliphatic carbocycles. The van der Waals surface area contributed by atoms with E-state index in [4.69, 9.17) is 11.6 Å². The van der Waals surface area contributed by atoms with Crippen LogP contribution in [0.25, 0.3) is 11.4 Å². The Morgan fingerprint density at radius 3 is 3.06 bits per heavy atom. The first-order valence-electron chi connectivity index (χ1n) is 6.18. The van der Waals surface area contributed by atoms with Crippen molar-refractivity contribution in [1.82, 2.24) is 9.55 Å². The molecule has 1 unspecified atom stereocenters. The third kappa shape index (κ3) is 1.83. The van der Waals surface area contributed by atoms with E-state index in [1.807, 2.05) is 6.07 Å². The van der Waals surface area contributed by atoms with E-state index in [2.05, 4.69) is 16.5 Å². The van der Waals surface area contributed by atoms with E-state index in [1.165, 1.54) is 12.1 Å². The highest BCUT2D eigenvalue weighted by Crippen LogP contribution is 2.36. The maximum absolute atomic E-state index is 13.3. The zero-order valence-electron chi connectivity index (χ0n) is 10.2. The number of halogens is 2. The van der Waals surface area contributed by atoms with Crippen LogP contribution in [0.15, 0.2) is 24.3 Å². The van der Waals surface area contributed by atoms with Gasteiger partial charge in [-0.3, -0.25) is 0 Å². The SMILES string of the molecule is CC1CCCn2c(-c3cccc(F)c3)nc(Cl)c21. The van der Waals surface area contributed by atoms with E-state index in [1.54, 1.807) is 6.07 Å². The lowest BCUT2D eigenvalue weighted by Crippen LogP contribution is -2.14. The predicted molar refractivity (Wildman–Crippen MR) is 70.3 cm³/mol. The second-order valence-corrected chi connectivity index (χ2v) is 5.17. The molecule has 1 aliphatic rings. The molecule has 1 aliphatic heterocycles. The van der Waals surface area contributed by atoms with Gasteiger partial charge in [-0.1, -0.05) is 30.7 Å². The summed E-state index contributed by atoms with van der Waals surface area (Å²) in [5.74, 6) is 0.951. The summed E-state index contributed by atoms with van der Waals surface area (Å²) in [6, 6.07) is 6.51. The summed E-state index contributed by atoms with van der Waals surface area (Å²) in [7, 11) is 0. The Morgan fingerprint density at radius 1 is 1.44 bits per heavy atom.